The van der Waals surface area contributed by atoms with Crippen molar-refractivity contribution in [2.45, 2.75) is 12.8 Å². The van der Waals surface area contributed by atoms with Gasteiger partial charge in [-0.05, 0) is 29.9 Å². The molecule has 0 unspecified atom stereocenters. The molecule has 1 heterocycles. The van der Waals surface area contributed by atoms with Crippen LogP contribution in [-0.2, 0) is 0 Å². The van der Waals surface area contributed by atoms with Crippen LogP contribution in [0.4, 0.5) is 0 Å². The van der Waals surface area contributed by atoms with Crippen molar-refractivity contribution in [3.63, 3.8) is 0 Å². The summed E-state index contributed by atoms with van der Waals surface area (Å²) in [6.07, 6.45) is 2.24. The molecular formula is C15H11NO. The fourth-order valence-corrected chi connectivity index (χ4v) is 2.58. The van der Waals surface area contributed by atoms with Crippen LogP contribution in [-0.4, -0.2) is 4.98 Å². The van der Waals surface area contributed by atoms with Gasteiger partial charge in [-0.1, -0.05) is 30.3 Å². The first-order valence-corrected chi connectivity index (χ1v) is 5.90. The van der Waals surface area contributed by atoms with Crippen LogP contribution in [0.1, 0.15) is 12.8 Å². The van der Waals surface area contributed by atoms with Crippen molar-refractivity contribution in [3.8, 4) is 0 Å². The van der Waals surface area contributed by atoms with Gasteiger partial charge in [0, 0.05) is 21.5 Å². The van der Waals surface area contributed by atoms with Crippen LogP contribution < -0.4 is 10.9 Å². The van der Waals surface area contributed by atoms with Crippen LogP contribution in [0.3, 0.4) is 0 Å². The van der Waals surface area contributed by atoms with Gasteiger partial charge in [0.15, 0.2) is 0 Å². The molecule has 0 amide bonds. The van der Waals surface area contributed by atoms with E-state index in [4.69, 9.17) is 0 Å². The Balaban J connectivity index is 2.45. The minimum absolute atomic E-state index is 0.0312. The summed E-state index contributed by atoms with van der Waals surface area (Å²) >= 11 is 0. The number of H-pyrrole nitrogens is 1. The Hall–Kier alpha value is -2.09. The molecule has 1 N–H and O–H groups in total. The first-order chi connectivity index (χ1) is 8.34. The molecule has 0 bridgehead atoms. The predicted molar refractivity (Wildman–Crippen MR) is 69.9 cm³/mol. The first kappa shape index (κ1) is 8.99. The van der Waals surface area contributed by atoms with Gasteiger partial charge in [0.2, 0.25) is 0 Å². The molecule has 17 heavy (non-hydrogen) atoms. The molecule has 0 spiro atoms. The molecule has 3 aromatic rings. The lowest BCUT2D eigenvalue weighted by atomic mass is 10.0. The summed E-state index contributed by atoms with van der Waals surface area (Å²) in [5.74, 6) is 0. The SMILES string of the molecule is O=c1[nH]c(=C2CC2)c2cccc3cccc1c32. The van der Waals surface area contributed by atoms with E-state index in [0.717, 1.165) is 34.3 Å². The summed E-state index contributed by atoms with van der Waals surface area (Å²) in [6.45, 7) is 0. The predicted octanol–water partition coefficient (Wildman–Crippen LogP) is 2.34. The number of hydrogen-bond acceptors (Lipinski definition) is 1. The van der Waals surface area contributed by atoms with Crippen LogP contribution >= 0.6 is 0 Å². The zero-order valence-electron chi connectivity index (χ0n) is 9.29. The molecule has 2 aromatic carbocycles. The van der Waals surface area contributed by atoms with Crippen LogP contribution in [0.25, 0.3) is 27.1 Å². The summed E-state index contributed by atoms with van der Waals surface area (Å²) in [5.41, 5.74) is 1.41. The molecule has 1 aliphatic rings. The molecule has 0 saturated heterocycles. The molecule has 0 aliphatic heterocycles. The van der Waals surface area contributed by atoms with Crippen LogP contribution in [0.15, 0.2) is 41.2 Å². The topological polar surface area (TPSA) is 32.9 Å². The number of nitrogens with one attached hydrogen (secondary N) is 1. The molecule has 82 valence electrons. The Morgan fingerprint density at radius 2 is 1.65 bits per heavy atom. The standard InChI is InChI=1S/C15H11NO/c17-15-12-6-2-4-9-3-1-5-11(13(9)12)14(16-15)10-7-8-10/h1-6H,7-8H2,(H,16,17). The maximum Gasteiger partial charge on any atom is 0.256 e. The summed E-state index contributed by atoms with van der Waals surface area (Å²) in [6, 6.07) is 12.1. The highest BCUT2D eigenvalue weighted by Crippen LogP contribution is 2.29. The molecule has 2 nitrogen and oxygen atoms in total. The Kier molecular flexibility index (Phi) is 1.57. The highest BCUT2D eigenvalue weighted by molar-refractivity contribution is 6.09. The highest BCUT2D eigenvalue weighted by atomic mass is 16.1. The normalized spacial score (nSPS) is 14.7. The van der Waals surface area contributed by atoms with Gasteiger partial charge in [0.25, 0.3) is 5.56 Å². The molecule has 1 aliphatic carbocycles. The van der Waals surface area contributed by atoms with E-state index in [9.17, 15) is 4.79 Å². The average Bonchev–Trinajstić information content (AvgIpc) is 3.18. The van der Waals surface area contributed by atoms with Gasteiger partial charge in [-0.15, -0.1) is 0 Å². The van der Waals surface area contributed by atoms with Gasteiger partial charge in [-0.2, -0.15) is 0 Å². The third-order valence-electron chi connectivity index (χ3n) is 3.51. The second kappa shape index (κ2) is 2.98. The number of aromatic amines is 1. The number of pyridine rings is 1. The van der Waals surface area contributed by atoms with Gasteiger partial charge in [-0.25, -0.2) is 0 Å². The Bertz CT molecular complexity index is 846. The largest absolute Gasteiger partial charge is 0.321 e. The molecular weight excluding hydrogens is 210 g/mol. The second-order valence-corrected chi connectivity index (χ2v) is 4.64. The zero-order valence-corrected chi connectivity index (χ0v) is 9.29. The van der Waals surface area contributed by atoms with E-state index in [1.165, 1.54) is 11.0 Å². The molecule has 2 heteroatoms. The van der Waals surface area contributed by atoms with Crippen LogP contribution in [0.2, 0.25) is 0 Å². The average molecular weight is 221 g/mol. The fraction of sp³-hybridized carbons (Fsp3) is 0.133. The van der Waals surface area contributed by atoms with Gasteiger partial charge in [0.05, 0.1) is 0 Å². The fourth-order valence-electron chi connectivity index (χ4n) is 2.58. The van der Waals surface area contributed by atoms with E-state index < -0.39 is 0 Å². The second-order valence-electron chi connectivity index (χ2n) is 4.64. The Labute approximate surface area is 97.6 Å². The van der Waals surface area contributed by atoms with Gasteiger partial charge < -0.3 is 4.98 Å². The van der Waals surface area contributed by atoms with Crippen molar-refractivity contribution in [2.75, 3.05) is 0 Å². The molecule has 1 fully saturated rings. The smallest absolute Gasteiger partial charge is 0.256 e. The maximum absolute atomic E-state index is 12.1. The summed E-state index contributed by atoms with van der Waals surface area (Å²) in [7, 11) is 0. The molecule has 0 radical (unpaired) electrons. The van der Waals surface area contributed by atoms with Gasteiger partial charge in [-0.3, -0.25) is 4.79 Å². The van der Waals surface area contributed by atoms with E-state index in [2.05, 4.69) is 29.2 Å². The highest BCUT2D eigenvalue weighted by Gasteiger charge is 2.15. The van der Waals surface area contributed by atoms with Crippen molar-refractivity contribution >= 4 is 27.1 Å². The lowest BCUT2D eigenvalue weighted by molar-refractivity contribution is 1.23. The van der Waals surface area contributed by atoms with Crippen molar-refractivity contribution in [2.24, 2.45) is 0 Å². The van der Waals surface area contributed by atoms with Crippen LogP contribution in [0.5, 0.6) is 0 Å². The summed E-state index contributed by atoms with van der Waals surface area (Å²) in [5, 5.41) is 5.29. The van der Waals surface area contributed by atoms with E-state index >= 15 is 0 Å². The third-order valence-corrected chi connectivity index (χ3v) is 3.51. The first-order valence-electron chi connectivity index (χ1n) is 5.90. The number of benzene rings is 2. The van der Waals surface area contributed by atoms with Gasteiger partial charge >= 0.3 is 0 Å². The van der Waals surface area contributed by atoms with E-state index in [1.54, 1.807) is 0 Å². The number of hydrogen-bond donors (Lipinski definition) is 1. The van der Waals surface area contributed by atoms with Crippen molar-refractivity contribution in [1.29, 1.82) is 0 Å². The number of aromatic nitrogens is 1. The summed E-state index contributed by atoms with van der Waals surface area (Å²) < 4.78 is 0. The summed E-state index contributed by atoms with van der Waals surface area (Å²) in [4.78, 5) is 15.1. The van der Waals surface area contributed by atoms with E-state index in [0.29, 0.717) is 0 Å². The molecule has 1 aromatic heterocycles. The van der Waals surface area contributed by atoms with E-state index in [1.807, 2.05) is 12.1 Å². The van der Waals surface area contributed by atoms with Crippen molar-refractivity contribution in [3.05, 3.63) is 52.1 Å². The number of rotatable bonds is 0. The van der Waals surface area contributed by atoms with Gasteiger partial charge in [0.1, 0.15) is 0 Å². The lowest BCUT2D eigenvalue weighted by Crippen LogP contribution is -2.20. The van der Waals surface area contributed by atoms with Crippen LogP contribution in [0, 0.1) is 0 Å². The zero-order chi connectivity index (χ0) is 11.4. The van der Waals surface area contributed by atoms with Crippen molar-refractivity contribution in [1.82, 2.24) is 4.98 Å². The lowest BCUT2D eigenvalue weighted by Gasteiger charge is -2.05. The Morgan fingerprint density at radius 1 is 0.941 bits per heavy atom. The quantitative estimate of drug-likeness (QED) is 0.621. The van der Waals surface area contributed by atoms with Crippen molar-refractivity contribution < 1.29 is 0 Å². The molecule has 1 saturated carbocycles. The molecule has 0 atom stereocenters. The van der Waals surface area contributed by atoms with E-state index in [-0.39, 0.29) is 5.56 Å². The monoisotopic (exact) mass is 221 g/mol. The minimum Gasteiger partial charge on any atom is -0.321 e. The Morgan fingerprint density at radius 3 is 2.35 bits per heavy atom. The third kappa shape index (κ3) is 1.18. The molecule has 4 rings (SSSR count). The maximum atomic E-state index is 12.1. The minimum atomic E-state index is 0.0312.